The number of aromatic nitrogens is 1. The zero-order valence-corrected chi connectivity index (χ0v) is 12.4. The first kappa shape index (κ1) is 15.3. The first-order chi connectivity index (χ1) is 9.97. The summed E-state index contributed by atoms with van der Waals surface area (Å²) in [5.74, 6) is -0.820. The fourth-order valence-corrected chi connectivity index (χ4v) is 2.75. The molecule has 1 aromatic rings. The molecule has 1 aromatic heterocycles. The molecule has 2 N–H and O–H groups in total. The zero-order valence-electron chi connectivity index (χ0n) is 12.4. The van der Waals surface area contributed by atoms with Crippen LogP contribution >= 0.6 is 0 Å². The number of urea groups is 1. The maximum Gasteiger partial charge on any atom is 0.321 e. The SMILES string of the molecule is CCC1(C(=O)O)CCCN(C(=O)Nc2cncc(C)c2)C1. The number of nitrogens with one attached hydrogen (secondary N) is 1. The third kappa shape index (κ3) is 3.32. The predicted octanol–water partition coefficient (Wildman–Crippen LogP) is 2.50. The van der Waals surface area contributed by atoms with Gasteiger partial charge < -0.3 is 15.3 Å². The highest BCUT2D eigenvalue weighted by molar-refractivity contribution is 5.90. The Morgan fingerprint density at radius 3 is 2.86 bits per heavy atom. The lowest BCUT2D eigenvalue weighted by atomic mass is 9.78. The van der Waals surface area contributed by atoms with Gasteiger partial charge in [-0.3, -0.25) is 9.78 Å². The molecule has 6 heteroatoms. The van der Waals surface area contributed by atoms with Gasteiger partial charge in [0.2, 0.25) is 0 Å². The van der Waals surface area contributed by atoms with Crippen LogP contribution in [0.3, 0.4) is 0 Å². The van der Waals surface area contributed by atoms with Crippen molar-refractivity contribution in [2.75, 3.05) is 18.4 Å². The summed E-state index contributed by atoms with van der Waals surface area (Å²) in [6.45, 7) is 4.60. The van der Waals surface area contributed by atoms with E-state index in [0.717, 1.165) is 5.56 Å². The summed E-state index contributed by atoms with van der Waals surface area (Å²) in [6.07, 6.45) is 5.15. The van der Waals surface area contributed by atoms with Gasteiger partial charge in [-0.05, 0) is 37.8 Å². The Morgan fingerprint density at radius 1 is 1.48 bits per heavy atom. The molecule has 0 bridgehead atoms. The molecule has 1 fully saturated rings. The molecule has 6 nitrogen and oxygen atoms in total. The van der Waals surface area contributed by atoms with Crippen molar-refractivity contribution in [1.29, 1.82) is 0 Å². The number of nitrogens with zero attached hydrogens (tertiary/aromatic N) is 2. The number of carboxylic acids is 1. The van der Waals surface area contributed by atoms with E-state index in [2.05, 4.69) is 10.3 Å². The lowest BCUT2D eigenvalue weighted by Crippen LogP contribution is -2.50. The van der Waals surface area contributed by atoms with Crippen LogP contribution in [0.25, 0.3) is 0 Å². The number of carbonyl (C=O) groups excluding carboxylic acids is 1. The highest BCUT2D eigenvalue weighted by atomic mass is 16.4. The van der Waals surface area contributed by atoms with E-state index in [1.165, 1.54) is 0 Å². The molecular formula is C15H21N3O3. The fraction of sp³-hybridized carbons (Fsp3) is 0.533. The van der Waals surface area contributed by atoms with E-state index >= 15 is 0 Å². The quantitative estimate of drug-likeness (QED) is 0.896. The average Bonchev–Trinajstić information content (AvgIpc) is 2.47. The Morgan fingerprint density at radius 2 is 2.24 bits per heavy atom. The van der Waals surface area contributed by atoms with Crippen molar-refractivity contribution in [2.24, 2.45) is 5.41 Å². The summed E-state index contributed by atoms with van der Waals surface area (Å²) in [6, 6.07) is 1.57. The molecule has 2 heterocycles. The van der Waals surface area contributed by atoms with Gasteiger partial charge in [-0.1, -0.05) is 6.92 Å². The molecule has 1 aliphatic heterocycles. The van der Waals surface area contributed by atoms with Gasteiger partial charge in [0.25, 0.3) is 0 Å². The van der Waals surface area contributed by atoms with Crippen molar-refractivity contribution >= 4 is 17.7 Å². The summed E-state index contributed by atoms with van der Waals surface area (Å²) >= 11 is 0. The molecule has 2 rings (SSSR count). The van der Waals surface area contributed by atoms with Crippen LogP contribution in [0.5, 0.6) is 0 Å². The topological polar surface area (TPSA) is 82.5 Å². The van der Waals surface area contributed by atoms with Gasteiger partial charge >= 0.3 is 12.0 Å². The highest BCUT2D eigenvalue weighted by Gasteiger charge is 2.42. The van der Waals surface area contributed by atoms with Crippen LogP contribution in [0, 0.1) is 12.3 Å². The number of carbonyl (C=O) groups is 2. The Kier molecular flexibility index (Phi) is 4.45. The van der Waals surface area contributed by atoms with Crippen molar-refractivity contribution < 1.29 is 14.7 Å². The number of hydrogen-bond donors (Lipinski definition) is 2. The molecular weight excluding hydrogens is 270 g/mol. The van der Waals surface area contributed by atoms with E-state index in [0.29, 0.717) is 31.5 Å². The molecule has 1 atom stereocenters. The van der Waals surface area contributed by atoms with Gasteiger partial charge in [0, 0.05) is 19.3 Å². The summed E-state index contributed by atoms with van der Waals surface area (Å²) in [5, 5.41) is 12.2. The van der Waals surface area contributed by atoms with E-state index < -0.39 is 11.4 Å². The van der Waals surface area contributed by atoms with Crippen LogP contribution in [0.15, 0.2) is 18.5 Å². The highest BCUT2D eigenvalue weighted by Crippen LogP contribution is 2.33. The number of hydrogen-bond acceptors (Lipinski definition) is 3. The average molecular weight is 291 g/mol. The summed E-state index contributed by atoms with van der Waals surface area (Å²) in [5.41, 5.74) is 0.767. The first-order valence-electron chi connectivity index (χ1n) is 7.18. The van der Waals surface area contributed by atoms with Gasteiger partial charge in [0.15, 0.2) is 0 Å². The first-order valence-corrected chi connectivity index (χ1v) is 7.18. The fourth-order valence-electron chi connectivity index (χ4n) is 2.75. The molecule has 114 valence electrons. The van der Waals surface area contributed by atoms with Gasteiger partial charge in [-0.2, -0.15) is 0 Å². The van der Waals surface area contributed by atoms with Crippen molar-refractivity contribution in [3.63, 3.8) is 0 Å². The predicted molar refractivity (Wildman–Crippen MR) is 79.2 cm³/mol. The van der Waals surface area contributed by atoms with Crippen LogP contribution in [0.4, 0.5) is 10.5 Å². The Balaban J connectivity index is 2.07. The molecule has 0 aromatic carbocycles. The molecule has 1 aliphatic rings. The second kappa shape index (κ2) is 6.11. The number of piperidine rings is 1. The van der Waals surface area contributed by atoms with Gasteiger partial charge in [-0.25, -0.2) is 4.79 Å². The van der Waals surface area contributed by atoms with Crippen molar-refractivity contribution in [3.05, 3.63) is 24.0 Å². The normalized spacial score (nSPS) is 21.9. The van der Waals surface area contributed by atoms with Crippen molar-refractivity contribution in [3.8, 4) is 0 Å². The van der Waals surface area contributed by atoms with Gasteiger partial charge in [0.1, 0.15) is 0 Å². The van der Waals surface area contributed by atoms with Crippen LogP contribution in [0.2, 0.25) is 0 Å². The largest absolute Gasteiger partial charge is 0.481 e. The molecule has 0 aliphatic carbocycles. The van der Waals surface area contributed by atoms with Crippen molar-refractivity contribution in [1.82, 2.24) is 9.88 Å². The van der Waals surface area contributed by atoms with E-state index in [1.54, 1.807) is 17.3 Å². The molecule has 2 amide bonds. The van der Waals surface area contributed by atoms with Crippen molar-refractivity contribution in [2.45, 2.75) is 33.1 Å². The number of aliphatic carboxylic acids is 1. The lowest BCUT2D eigenvalue weighted by Gasteiger charge is -2.39. The minimum Gasteiger partial charge on any atom is -0.481 e. The zero-order chi connectivity index (χ0) is 15.5. The van der Waals surface area contributed by atoms with Crippen LogP contribution < -0.4 is 5.32 Å². The smallest absolute Gasteiger partial charge is 0.321 e. The van der Waals surface area contributed by atoms with Gasteiger partial charge in [-0.15, -0.1) is 0 Å². The number of rotatable bonds is 3. The Labute approximate surface area is 124 Å². The molecule has 0 saturated carbocycles. The van der Waals surface area contributed by atoms with E-state index in [-0.39, 0.29) is 12.6 Å². The van der Waals surface area contributed by atoms with E-state index in [4.69, 9.17) is 0 Å². The molecule has 1 saturated heterocycles. The molecule has 1 unspecified atom stereocenters. The van der Waals surface area contributed by atoms with E-state index in [9.17, 15) is 14.7 Å². The van der Waals surface area contributed by atoms with Crippen LogP contribution in [-0.4, -0.2) is 40.1 Å². The molecule has 21 heavy (non-hydrogen) atoms. The minimum atomic E-state index is -0.820. The van der Waals surface area contributed by atoms with Crippen LogP contribution in [0.1, 0.15) is 31.7 Å². The Hall–Kier alpha value is -2.11. The summed E-state index contributed by atoms with van der Waals surface area (Å²) in [4.78, 5) is 29.4. The van der Waals surface area contributed by atoms with Gasteiger partial charge in [0.05, 0.1) is 17.3 Å². The maximum absolute atomic E-state index is 12.3. The van der Waals surface area contributed by atoms with Crippen LogP contribution in [-0.2, 0) is 4.79 Å². The number of likely N-dealkylation sites (tertiary alicyclic amines) is 1. The maximum atomic E-state index is 12.3. The standard InChI is InChI=1S/C15H21N3O3/c1-3-15(13(19)20)5-4-6-18(10-15)14(21)17-12-7-11(2)8-16-9-12/h7-9H,3-6,10H2,1-2H3,(H,17,21)(H,19,20). The number of pyridine rings is 1. The van der Waals surface area contributed by atoms with E-state index in [1.807, 2.05) is 19.9 Å². The number of amides is 2. The summed E-state index contributed by atoms with van der Waals surface area (Å²) in [7, 11) is 0. The third-order valence-corrected chi connectivity index (χ3v) is 4.12. The minimum absolute atomic E-state index is 0.254. The second-order valence-electron chi connectivity index (χ2n) is 5.65. The number of carboxylic acid groups (broad SMARTS) is 1. The second-order valence-corrected chi connectivity index (χ2v) is 5.65. The number of aryl methyl sites for hydroxylation is 1. The monoisotopic (exact) mass is 291 g/mol. The third-order valence-electron chi connectivity index (χ3n) is 4.12. The number of anilines is 1. The molecule has 0 spiro atoms. The lowest BCUT2D eigenvalue weighted by molar-refractivity contribution is -0.152. The molecule has 0 radical (unpaired) electrons. The summed E-state index contributed by atoms with van der Waals surface area (Å²) < 4.78 is 0. The Bertz CT molecular complexity index is 547.